The number of alkyl halides is 3. The Labute approximate surface area is 121 Å². The third-order valence-electron chi connectivity index (χ3n) is 2.78. The van der Waals surface area contributed by atoms with Gasteiger partial charge >= 0.3 is 6.18 Å². The Morgan fingerprint density at radius 3 is 2.45 bits per heavy atom. The molecule has 0 aliphatic heterocycles. The van der Waals surface area contributed by atoms with Crippen molar-refractivity contribution in [3.05, 3.63) is 35.1 Å². The predicted molar refractivity (Wildman–Crippen MR) is 75.4 cm³/mol. The third kappa shape index (κ3) is 4.98. The fourth-order valence-corrected chi connectivity index (χ4v) is 2.84. The Kier molecular flexibility index (Phi) is 6.82. The topological polar surface area (TPSA) is 12.0 Å². The fraction of sp³-hybridized carbons (Fsp3) is 0.571. The third-order valence-corrected chi connectivity index (χ3v) is 4.05. The molecular formula is C14H19F4NS. The second-order valence-corrected chi connectivity index (χ2v) is 5.57. The van der Waals surface area contributed by atoms with Crippen LogP contribution in [0.4, 0.5) is 17.6 Å². The molecule has 0 aromatic heterocycles. The Morgan fingerprint density at radius 1 is 1.25 bits per heavy atom. The van der Waals surface area contributed by atoms with Crippen LogP contribution in [0.25, 0.3) is 0 Å². The average Bonchev–Trinajstić information content (AvgIpc) is 2.36. The van der Waals surface area contributed by atoms with Gasteiger partial charge in [0.25, 0.3) is 0 Å². The molecule has 20 heavy (non-hydrogen) atoms. The van der Waals surface area contributed by atoms with Crippen molar-refractivity contribution in [3.63, 3.8) is 0 Å². The monoisotopic (exact) mass is 309 g/mol. The lowest BCUT2D eigenvalue weighted by Crippen LogP contribution is -2.23. The second kappa shape index (κ2) is 7.88. The zero-order valence-electron chi connectivity index (χ0n) is 11.6. The van der Waals surface area contributed by atoms with E-state index >= 15 is 0 Å². The van der Waals surface area contributed by atoms with E-state index in [4.69, 9.17) is 0 Å². The van der Waals surface area contributed by atoms with Gasteiger partial charge in [0, 0.05) is 11.8 Å². The largest absolute Gasteiger partial charge is 0.419 e. The summed E-state index contributed by atoms with van der Waals surface area (Å²) in [5, 5.41) is 3.17. The summed E-state index contributed by atoms with van der Waals surface area (Å²) >= 11 is 1.70. The molecule has 0 spiro atoms. The van der Waals surface area contributed by atoms with Crippen LogP contribution in [0.5, 0.6) is 0 Å². The summed E-state index contributed by atoms with van der Waals surface area (Å²) < 4.78 is 51.1. The van der Waals surface area contributed by atoms with Gasteiger partial charge in [-0.25, -0.2) is 4.39 Å². The van der Waals surface area contributed by atoms with Crippen molar-refractivity contribution in [2.75, 3.05) is 18.1 Å². The maximum atomic E-state index is 13.6. The molecule has 1 aromatic carbocycles. The zero-order chi connectivity index (χ0) is 15.2. The van der Waals surface area contributed by atoms with E-state index in [9.17, 15) is 17.6 Å². The van der Waals surface area contributed by atoms with Crippen LogP contribution < -0.4 is 5.32 Å². The minimum Gasteiger partial charge on any atom is -0.310 e. The van der Waals surface area contributed by atoms with E-state index in [0.717, 1.165) is 24.3 Å². The van der Waals surface area contributed by atoms with Crippen LogP contribution in [-0.2, 0) is 6.18 Å². The van der Waals surface area contributed by atoms with Crippen molar-refractivity contribution in [2.45, 2.75) is 32.5 Å². The zero-order valence-corrected chi connectivity index (χ0v) is 12.4. The highest BCUT2D eigenvalue weighted by molar-refractivity contribution is 7.99. The summed E-state index contributed by atoms with van der Waals surface area (Å²) in [5.41, 5.74) is -0.654. The summed E-state index contributed by atoms with van der Waals surface area (Å²) in [6.07, 6.45) is -3.61. The van der Waals surface area contributed by atoms with Gasteiger partial charge in [-0.1, -0.05) is 19.9 Å². The van der Waals surface area contributed by atoms with Gasteiger partial charge in [-0.2, -0.15) is 24.9 Å². The second-order valence-electron chi connectivity index (χ2n) is 4.42. The number of thioether (sulfide) groups is 1. The Bertz CT molecular complexity index is 420. The molecule has 114 valence electrons. The number of halogens is 4. The molecule has 0 amide bonds. The maximum Gasteiger partial charge on any atom is 0.419 e. The average molecular weight is 309 g/mol. The summed E-state index contributed by atoms with van der Waals surface area (Å²) in [5.74, 6) is 0.482. The maximum absolute atomic E-state index is 13.6. The van der Waals surface area contributed by atoms with Gasteiger partial charge in [0.15, 0.2) is 0 Å². The molecule has 0 fully saturated rings. The normalized spacial score (nSPS) is 13.5. The summed E-state index contributed by atoms with van der Waals surface area (Å²) in [4.78, 5) is 0. The van der Waals surface area contributed by atoms with Gasteiger partial charge in [0.05, 0.1) is 5.56 Å². The lowest BCUT2D eigenvalue weighted by molar-refractivity contribution is -0.140. The molecule has 1 rings (SSSR count). The van der Waals surface area contributed by atoms with Crippen molar-refractivity contribution in [1.82, 2.24) is 5.32 Å². The molecule has 1 N–H and O–H groups in total. The molecule has 0 heterocycles. The Hall–Kier alpha value is -0.750. The number of hydrogen-bond acceptors (Lipinski definition) is 2. The highest BCUT2D eigenvalue weighted by atomic mass is 32.2. The molecule has 6 heteroatoms. The molecule has 0 radical (unpaired) electrons. The quantitative estimate of drug-likeness (QED) is 0.582. The molecule has 0 aliphatic rings. The van der Waals surface area contributed by atoms with Crippen LogP contribution in [0.2, 0.25) is 0 Å². The van der Waals surface area contributed by atoms with Crippen LogP contribution in [0.15, 0.2) is 18.2 Å². The van der Waals surface area contributed by atoms with Gasteiger partial charge in [-0.05, 0) is 36.4 Å². The van der Waals surface area contributed by atoms with Gasteiger partial charge in [0.1, 0.15) is 5.82 Å². The first-order valence-corrected chi connectivity index (χ1v) is 7.73. The smallest absolute Gasteiger partial charge is 0.310 e. The number of benzene rings is 1. The highest BCUT2D eigenvalue weighted by Crippen LogP contribution is 2.32. The summed E-state index contributed by atoms with van der Waals surface area (Å²) in [6, 6.07) is 3.03. The van der Waals surface area contributed by atoms with E-state index < -0.39 is 17.6 Å². The van der Waals surface area contributed by atoms with Crippen LogP contribution in [0.1, 0.15) is 37.4 Å². The number of nitrogens with one attached hydrogen (secondary N) is 1. The van der Waals surface area contributed by atoms with Crippen LogP contribution >= 0.6 is 11.8 Å². The first kappa shape index (κ1) is 17.3. The molecule has 1 nitrogen and oxygen atoms in total. The van der Waals surface area contributed by atoms with E-state index in [-0.39, 0.29) is 6.04 Å². The van der Waals surface area contributed by atoms with Gasteiger partial charge < -0.3 is 5.32 Å². The highest BCUT2D eigenvalue weighted by Gasteiger charge is 2.34. The van der Waals surface area contributed by atoms with Crippen LogP contribution in [-0.4, -0.2) is 18.1 Å². The molecule has 1 aromatic rings. The van der Waals surface area contributed by atoms with Crippen LogP contribution in [0.3, 0.4) is 0 Å². The number of rotatable bonds is 7. The first-order valence-electron chi connectivity index (χ1n) is 6.57. The van der Waals surface area contributed by atoms with Gasteiger partial charge in [0.2, 0.25) is 0 Å². The number of hydrogen-bond donors (Lipinski definition) is 1. The SMILES string of the molecule is CCCSCC(NCC)c1ccc(C(F)(F)F)c(F)c1. The van der Waals surface area contributed by atoms with Crippen molar-refractivity contribution < 1.29 is 17.6 Å². The lowest BCUT2D eigenvalue weighted by atomic mass is 10.0. The Morgan fingerprint density at radius 2 is 1.95 bits per heavy atom. The molecule has 0 saturated carbocycles. The molecular weight excluding hydrogens is 290 g/mol. The van der Waals surface area contributed by atoms with Crippen LogP contribution in [0, 0.1) is 5.82 Å². The minimum atomic E-state index is -4.65. The van der Waals surface area contributed by atoms with E-state index in [1.807, 2.05) is 6.92 Å². The lowest BCUT2D eigenvalue weighted by Gasteiger charge is -2.19. The van der Waals surface area contributed by atoms with E-state index in [2.05, 4.69) is 12.2 Å². The molecule has 0 aliphatic carbocycles. The van der Waals surface area contributed by atoms with E-state index in [0.29, 0.717) is 17.9 Å². The van der Waals surface area contributed by atoms with Gasteiger partial charge in [-0.3, -0.25) is 0 Å². The molecule has 1 unspecified atom stereocenters. The van der Waals surface area contributed by atoms with E-state index in [1.165, 1.54) is 6.07 Å². The first-order chi connectivity index (χ1) is 9.40. The Balaban J connectivity index is 2.89. The molecule has 0 saturated heterocycles. The fourth-order valence-electron chi connectivity index (χ4n) is 1.84. The molecule has 0 bridgehead atoms. The minimum absolute atomic E-state index is 0.131. The predicted octanol–water partition coefficient (Wildman–Crippen LogP) is 4.64. The van der Waals surface area contributed by atoms with Crippen molar-refractivity contribution in [3.8, 4) is 0 Å². The van der Waals surface area contributed by atoms with Gasteiger partial charge in [-0.15, -0.1) is 0 Å². The van der Waals surface area contributed by atoms with E-state index in [1.54, 1.807) is 11.8 Å². The van der Waals surface area contributed by atoms with Crippen molar-refractivity contribution in [1.29, 1.82) is 0 Å². The van der Waals surface area contributed by atoms with Crippen molar-refractivity contribution >= 4 is 11.8 Å². The standard InChI is InChI=1S/C14H19F4NS/c1-3-7-20-9-13(19-4-2)10-5-6-11(12(15)8-10)14(16,17)18/h5-6,8,13,19H,3-4,7,9H2,1-2H3. The summed E-state index contributed by atoms with van der Waals surface area (Å²) in [7, 11) is 0. The van der Waals surface area contributed by atoms with Crippen molar-refractivity contribution in [2.24, 2.45) is 0 Å². The molecule has 1 atom stereocenters. The summed E-state index contributed by atoms with van der Waals surface area (Å²) in [6.45, 7) is 4.66.